The maximum Gasteiger partial charge on any atom is 0.320 e. The number of carbonyl (C=O) groups excluding carboxylic acids is 2. The van der Waals surface area contributed by atoms with Crippen molar-refractivity contribution in [2.24, 2.45) is 5.92 Å². The summed E-state index contributed by atoms with van der Waals surface area (Å²) in [7, 11) is 2.50. The minimum Gasteiger partial charge on any atom is -0.468 e. The fraction of sp³-hybridized carbons (Fsp3) is 0.571. The summed E-state index contributed by atoms with van der Waals surface area (Å²) in [5.41, 5.74) is 0. The molecule has 0 atom stereocenters. The van der Waals surface area contributed by atoms with Gasteiger partial charge in [0.2, 0.25) is 0 Å². The molecule has 0 radical (unpaired) electrons. The smallest absolute Gasteiger partial charge is 0.320 e. The molecule has 0 aliphatic carbocycles. The summed E-state index contributed by atoms with van der Waals surface area (Å²) in [6, 6.07) is 0. The maximum atomic E-state index is 11.3. The average Bonchev–Trinajstić information content (AvgIpc) is 2.40. The molecule has 0 spiro atoms. The van der Waals surface area contributed by atoms with Crippen LogP contribution in [0.15, 0.2) is 12.7 Å². The predicted molar refractivity (Wildman–Crippen MR) is 68.6 cm³/mol. The molecule has 0 aliphatic heterocycles. The zero-order valence-electron chi connectivity index (χ0n) is 11.0. The molecular weight excluding hydrogens is 232 g/mol. The van der Waals surface area contributed by atoms with Crippen molar-refractivity contribution in [1.82, 2.24) is 0 Å². The van der Waals surface area contributed by atoms with Gasteiger partial charge in [-0.15, -0.1) is 18.4 Å². The van der Waals surface area contributed by atoms with Gasteiger partial charge >= 0.3 is 11.9 Å². The van der Waals surface area contributed by atoms with Crippen LogP contribution in [-0.4, -0.2) is 26.2 Å². The van der Waals surface area contributed by atoms with Gasteiger partial charge in [0.25, 0.3) is 0 Å². The van der Waals surface area contributed by atoms with Crippen molar-refractivity contribution in [3.8, 4) is 11.8 Å². The highest BCUT2D eigenvalue weighted by Gasteiger charge is 2.27. The Morgan fingerprint density at radius 3 is 2.22 bits per heavy atom. The predicted octanol–water partition coefficient (Wildman–Crippen LogP) is 2.09. The lowest BCUT2D eigenvalue weighted by atomic mass is 10.0. The zero-order valence-corrected chi connectivity index (χ0v) is 11.0. The van der Waals surface area contributed by atoms with Gasteiger partial charge in [-0.2, -0.15) is 0 Å². The minimum atomic E-state index is -0.873. The normalized spacial score (nSPS) is 9.28. The Morgan fingerprint density at radius 1 is 1.17 bits per heavy atom. The van der Waals surface area contributed by atoms with E-state index in [1.54, 1.807) is 0 Å². The highest BCUT2D eigenvalue weighted by Crippen LogP contribution is 2.10. The van der Waals surface area contributed by atoms with Crippen LogP contribution in [0.2, 0.25) is 0 Å². The Morgan fingerprint density at radius 2 is 1.72 bits per heavy atom. The molecule has 0 amide bonds. The Balaban J connectivity index is 4.07. The molecule has 0 saturated carbocycles. The highest BCUT2D eigenvalue weighted by molar-refractivity contribution is 5.94. The lowest BCUT2D eigenvalue weighted by molar-refractivity contribution is -0.159. The van der Waals surface area contributed by atoms with Crippen molar-refractivity contribution in [2.45, 2.75) is 32.1 Å². The summed E-state index contributed by atoms with van der Waals surface area (Å²) in [5, 5.41) is 0. The van der Waals surface area contributed by atoms with Gasteiger partial charge in [0, 0.05) is 12.8 Å². The van der Waals surface area contributed by atoms with Crippen LogP contribution in [0.3, 0.4) is 0 Å². The van der Waals surface area contributed by atoms with E-state index >= 15 is 0 Å². The third kappa shape index (κ3) is 6.74. The number of hydrogen-bond acceptors (Lipinski definition) is 4. The van der Waals surface area contributed by atoms with E-state index in [0.29, 0.717) is 12.8 Å². The first-order valence-electron chi connectivity index (χ1n) is 5.89. The van der Waals surface area contributed by atoms with Crippen molar-refractivity contribution in [3.05, 3.63) is 12.7 Å². The first-order chi connectivity index (χ1) is 8.67. The standard InChI is InChI=1S/C14H20O4/c1-4-5-6-7-8-9-10-11-12(13(15)17-2)14(16)18-3/h4,12H,1,5-7,10-11H2,2-3H3. The van der Waals surface area contributed by atoms with Gasteiger partial charge in [0.05, 0.1) is 14.2 Å². The van der Waals surface area contributed by atoms with Crippen molar-refractivity contribution in [1.29, 1.82) is 0 Å². The molecule has 100 valence electrons. The van der Waals surface area contributed by atoms with Crippen LogP contribution < -0.4 is 0 Å². The third-order valence-electron chi connectivity index (χ3n) is 2.36. The number of methoxy groups -OCH3 is 2. The fourth-order valence-corrected chi connectivity index (χ4v) is 1.34. The summed E-state index contributed by atoms with van der Waals surface area (Å²) >= 11 is 0. The number of rotatable bonds is 7. The van der Waals surface area contributed by atoms with Gasteiger partial charge < -0.3 is 9.47 Å². The molecule has 0 fully saturated rings. The molecule has 4 nitrogen and oxygen atoms in total. The molecule has 0 saturated heterocycles. The number of allylic oxidation sites excluding steroid dienone is 1. The number of carbonyl (C=O) groups is 2. The van der Waals surface area contributed by atoms with Crippen LogP contribution in [0.1, 0.15) is 32.1 Å². The minimum absolute atomic E-state index is 0.327. The van der Waals surface area contributed by atoms with E-state index in [2.05, 4.69) is 27.9 Å². The maximum absolute atomic E-state index is 11.3. The molecule has 0 N–H and O–H groups in total. The number of ether oxygens (including phenoxy) is 2. The van der Waals surface area contributed by atoms with E-state index < -0.39 is 17.9 Å². The van der Waals surface area contributed by atoms with E-state index in [-0.39, 0.29) is 0 Å². The van der Waals surface area contributed by atoms with E-state index in [9.17, 15) is 9.59 Å². The molecule has 18 heavy (non-hydrogen) atoms. The van der Waals surface area contributed by atoms with Crippen LogP contribution in [0, 0.1) is 17.8 Å². The monoisotopic (exact) mass is 252 g/mol. The summed E-state index contributed by atoms with van der Waals surface area (Å²) in [6.07, 6.45) is 5.38. The highest BCUT2D eigenvalue weighted by atomic mass is 16.5. The average molecular weight is 252 g/mol. The summed E-state index contributed by atoms with van der Waals surface area (Å²) in [4.78, 5) is 22.7. The Hall–Kier alpha value is -1.76. The van der Waals surface area contributed by atoms with Crippen LogP contribution >= 0.6 is 0 Å². The SMILES string of the molecule is C=CCCCC#CCCC(C(=O)OC)C(=O)OC. The Kier molecular flexibility index (Phi) is 9.38. The lowest BCUT2D eigenvalue weighted by Crippen LogP contribution is -2.26. The van der Waals surface area contributed by atoms with Gasteiger partial charge in [-0.3, -0.25) is 9.59 Å². The Bertz CT molecular complexity index is 319. The molecule has 0 aromatic rings. The van der Waals surface area contributed by atoms with E-state index in [4.69, 9.17) is 0 Å². The molecule has 0 aliphatic rings. The summed E-state index contributed by atoms with van der Waals surface area (Å²) in [5.74, 6) is 3.90. The van der Waals surface area contributed by atoms with Gasteiger partial charge in [-0.05, 0) is 19.3 Å². The zero-order chi connectivity index (χ0) is 13.8. The van der Waals surface area contributed by atoms with Gasteiger partial charge in [0.1, 0.15) is 0 Å². The van der Waals surface area contributed by atoms with Crippen molar-refractivity contribution in [3.63, 3.8) is 0 Å². The third-order valence-corrected chi connectivity index (χ3v) is 2.36. The summed E-state index contributed by atoms with van der Waals surface area (Å²) < 4.78 is 9.09. The van der Waals surface area contributed by atoms with Crippen molar-refractivity contribution in [2.75, 3.05) is 14.2 Å². The first-order valence-corrected chi connectivity index (χ1v) is 5.89. The van der Waals surface area contributed by atoms with Crippen molar-refractivity contribution >= 4 is 11.9 Å². The van der Waals surface area contributed by atoms with E-state index in [0.717, 1.165) is 19.3 Å². The molecule has 0 aromatic carbocycles. The number of esters is 2. The van der Waals surface area contributed by atoms with Gasteiger partial charge in [-0.25, -0.2) is 0 Å². The fourth-order valence-electron chi connectivity index (χ4n) is 1.34. The van der Waals surface area contributed by atoms with Crippen LogP contribution in [0.4, 0.5) is 0 Å². The van der Waals surface area contributed by atoms with E-state index in [1.165, 1.54) is 14.2 Å². The lowest BCUT2D eigenvalue weighted by Gasteiger charge is -2.10. The van der Waals surface area contributed by atoms with Gasteiger partial charge in [-0.1, -0.05) is 6.08 Å². The molecule has 0 heterocycles. The summed E-state index contributed by atoms with van der Waals surface area (Å²) in [6.45, 7) is 3.62. The number of hydrogen-bond donors (Lipinski definition) is 0. The second kappa shape index (κ2) is 10.4. The largest absolute Gasteiger partial charge is 0.468 e. The second-order valence-electron chi connectivity index (χ2n) is 3.67. The molecule has 0 unspecified atom stereocenters. The molecule has 0 aromatic heterocycles. The molecule has 4 heteroatoms. The molecular formula is C14H20O4. The molecule has 0 rings (SSSR count). The second-order valence-corrected chi connectivity index (χ2v) is 3.67. The molecule has 0 bridgehead atoms. The van der Waals surface area contributed by atoms with Gasteiger partial charge in [0.15, 0.2) is 5.92 Å². The Labute approximate surface area is 108 Å². The topological polar surface area (TPSA) is 52.6 Å². The first kappa shape index (κ1) is 16.2. The van der Waals surface area contributed by atoms with Crippen LogP contribution in [0.25, 0.3) is 0 Å². The van der Waals surface area contributed by atoms with Crippen LogP contribution in [-0.2, 0) is 19.1 Å². The van der Waals surface area contributed by atoms with E-state index in [1.807, 2.05) is 6.08 Å². The number of unbranched alkanes of at least 4 members (excludes halogenated alkanes) is 2. The van der Waals surface area contributed by atoms with Crippen molar-refractivity contribution < 1.29 is 19.1 Å². The van der Waals surface area contributed by atoms with Crippen LogP contribution in [0.5, 0.6) is 0 Å². The quantitative estimate of drug-likeness (QED) is 0.229.